The van der Waals surface area contributed by atoms with E-state index in [9.17, 15) is 0 Å². The Bertz CT molecular complexity index is 73.7. The van der Waals surface area contributed by atoms with Gasteiger partial charge in [0.05, 0.1) is 10.2 Å². The fourth-order valence-electron chi connectivity index (χ4n) is 0. The summed E-state index contributed by atoms with van der Waals surface area (Å²) >= 11 is 0. The van der Waals surface area contributed by atoms with Gasteiger partial charge in [0, 0.05) is 0 Å². The van der Waals surface area contributed by atoms with Gasteiger partial charge in [-0.3, -0.25) is 0 Å². The Balaban J connectivity index is -0.0000000300. The van der Waals surface area contributed by atoms with Gasteiger partial charge in [-0.15, -0.1) is 0 Å². The molecule has 0 atom stereocenters. The van der Waals surface area contributed by atoms with E-state index in [-0.39, 0.29) is 74.4 Å². The van der Waals surface area contributed by atoms with Crippen LogP contribution in [-0.4, -0.2) is 33.2 Å². The first-order chi connectivity index (χ1) is 3.46. The molecule has 0 spiro atoms. The molecule has 0 aromatic heterocycles. The molecule has 0 saturated carbocycles. The third-order valence-corrected chi connectivity index (χ3v) is 0. The molecule has 0 aromatic rings. The van der Waals surface area contributed by atoms with Crippen molar-refractivity contribution in [2.24, 2.45) is 0 Å². The van der Waals surface area contributed by atoms with Crippen molar-refractivity contribution in [3.05, 3.63) is 30.6 Å². The van der Waals surface area contributed by atoms with E-state index < -0.39 is 10.2 Å². The van der Waals surface area contributed by atoms with Crippen LogP contribution in [0.1, 0.15) is 0 Å². The second kappa shape index (κ2) is 16.4. The Labute approximate surface area is 113 Å². The molecule has 0 aromatic carbocycles. The summed E-state index contributed by atoms with van der Waals surface area (Å²) in [6.45, 7) is 0. The molecule has 0 heterocycles. The van der Waals surface area contributed by atoms with Crippen molar-refractivity contribution in [1.29, 1.82) is 0 Å². The molecule has 0 fully saturated rings. The van der Waals surface area contributed by atoms with Crippen LogP contribution in [0.4, 0.5) is 0 Å². The van der Waals surface area contributed by atoms with E-state index in [0.717, 1.165) is 0 Å². The molecule has 0 N–H and O–H groups in total. The fourth-order valence-corrected chi connectivity index (χ4v) is 0. The van der Waals surface area contributed by atoms with Crippen molar-refractivity contribution in [3.8, 4) is 0 Å². The standard InChI is InChI=1S/K.Mg.2NO3/c;;2*2-1(3)4/q+1;+2;2*-1. The molecule has 0 saturated heterocycles. The van der Waals surface area contributed by atoms with Crippen molar-refractivity contribution < 1.29 is 61.6 Å². The van der Waals surface area contributed by atoms with Gasteiger partial charge in [-0.25, -0.2) is 0 Å². The zero-order chi connectivity index (χ0) is 7.15. The van der Waals surface area contributed by atoms with E-state index >= 15 is 0 Å². The Hall–Kier alpha value is 0.803. The molecule has 0 radical (unpaired) electrons. The van der Waals surface area contributed by atoms with E-state index in [1.807, 2.05) is 0 Å². The van der Waals surface area contributed by atoms with Crippen LogP contribution in [0.25, 0.3) is 0 Å². The van der Waals surface area contributed by atoms with Crippen LogP contribution in [0.5, 0.6) is 0 Å². The quantitative estimate of drug-likeness (QED) is 0.216. The van der Waals surface area contributed by atoms with E-state index in [1.54, 1.807) is 0 Å². The van der Waals surface area contributed by atoms with Crippen molar-refractivity contribution in [2.45, 2.75) is 0 Å². The molecule has 0 aliphatic rings. The Morgan fingerprint density at radius 3 is 0.800 bits per heavy atom. The van der Waals surface area contributed by atoms with Gasteiger partial charge in [-0.1, -0.05) is 0 Å². The maximum Gasteiger partial charge on any atom is 2.00 e. The molecule has 10 heavy (non-hydrogen) atoms. The SMILES string of the molecule is O=[N+]([O-])[O-].O=[N+]([O-])[O-].[K+].[Mg+2]. The third-order valence-electron chi connectivity index (χ3n) is 0. The second-order valence-electron chi connectivity index (χ2n) is 0.447. The smallest absolute Gasteiger partial charge is 0.356 e. The monoisotopic (exact) mass is 187 g/mol. The maximum absolute atomic E-state index is 8.25. The first-order valence-electron chi connectivity index (χ1n) is 1.10. The van der Waals surface area contributed by atoms with Gasteiger partial charge in [0.1, 0.15) is 0 Å². The summed E-state index contributed by atoms with van der Waals surface area (Å²) in [6, 6.07) is 0. The van der Waals surface area contributed by atoms with Gasteiger partial charge < -0.3 is 30.6 Å². The molecule has 8 nitrogen and oxygen atoms in total. The van der Waals surface area contributed by atoms with E-state index in [4.69, 9.17) is 30.6 Å². The molecular weight excluding hydrogens is 187 g/mol. The van der Waals surface area contributed by atoms with Crippen LogP contribution >= 0.6 is 0 Å². The second-order valence-corrected chi connectivity index (χ2v) is 0.447. The van der Waals surface area contributed by atoms with Crippen molar-refractivity contribution in [1.82, 2.24) is 0 Å². The summed E-state index contributed by atoms with van der Waals surface area (Å²) in [5.41, 5.74) is 0. The van der Waals surface area contributed by atoms with Crippen LogP contribution in [0.3, 0.4) is 0 Å². The van der Waals surface area contributed by atoms with E-state index in [1.165, 1.54) is 0 Å². The molecule has 0 unspecified atom stereocenters. The Morgan fingerprint density at radius 1 is 0.800 bits per heavy atom. The van der Waals surface area contributed by atoms with Crippen LogP contribution < -0.4 is 51.4 Å². The van der Waals surface area contributed by atoms with Gasteiger partial charge >= 0.3 is 74.4 Å². The van der Waals surface area contributed by atoms with Gasteiger partial charge in [0.2, 0.25) is 0 Å². The number of hydrogen-bond donors (Lipinski definition) is 0. The average molecular weight is 187 g/mol. The molecule has 0 aliphatic heterocycles. The minimum absolute atomic E-state index is 0. The molecule has 0 aliphatic carbocycles. The van der Waals surface area contributed by atoms with Gasteiger partial charge in [0.25, 0.3) is 0 Å². The summed E-state index contributed by atoms with van der Waals surface area (Å²) in [5, 5.41) is 29.5. The summed E-state index contributed by atoms with van der Waals surface area (Å²) in [5.74, 6) is 0. The van der Waals surface area contributed by atoms with Crippen LogP contribution in [0, 0.1) is 30.6 Å². The number of rotatable bonds is 0. The predicted octanol–water partition coefficient (Wildman–Crippen LogP) is -3.86. The van der Waals surface area contributed by atoms with Gasteiger partial charge in [0.15, 0.2) is 0 Å². The van der Waals surface area contributed by atoms with Crippen LogP contribution in [0.2, 0.25) is 0 Å². The minimum Gasteiger partial charge on any atom is -0.356 e. The number of nitrogens with zero attached hydrogens (tertiary/aromatic N) is 2. The minimum atomic E-state index is -1.75. The molecule has 0 amide bonds. The Kier molecular flexibility index (Phi) is 36.8. The summed E-state index contributed by atoms with van der Waals surface area (Å²) < 4.78 is 0. The summed E-state index contributed by atoms with van der Waals surface area (Å²) in [4.78, 5) is 16.5. The largest absolute Gasteiger partial charge is 2.00 e. The van der Waals surface area contributed by atoms with Crippen molar-refractivity contribution in [2.75, 3.05) is 0 Å². The first-order valence-corrected chi connectivity index (χ1v) is 1.10. The normalized spacial score (nSPS) is 4.80. The topological polar surface area (TPSA) is 132 Å². The summed E-state index contributed by atoms with van der Waals surface area (Å²) in [6.07, 6.45) is 0. The molecule has 0 bridgehead atoms. The summed E-state index contributed by atoms with van der Waals surface area (Å²) in [7, 11) is 0. The van der Waals surface area contributed by atoms with Gasteiger partial charge in [-0.05, 0) is 0 Å². The zero-order valence-electron chi connectivity index (χ0n) is 5.05. The Morgan fingerprint density at radius 2 is 0.800 bits per heavy atom. The molecule has 0 rings (SSSR count). The predicted molar refractivity (Wildman–Crippen MR) is 26.5 cm³/mol. The number of hydrogen-bond acceptors (Lipinski definition) is 6. The third kappa shape index (κ3) is 832. The van der Waals surface area contributed by atoms with Crippen molar-refractivity contribution >= 4 is 23.1 Å². The zero-order valence-corrected chi connectivity index (χ0v) is 9.59. The molecule has 10 heteroatoms. The molecular formula is KMgN2O6+. The maximum atomic E-state index is 8.25. The fraction of sp³-hybridized carbons (Fsp3) is 0. The first kappa shape index (κ1) is 22.4. The molecule has 48 valence electrons. The van der Waals surface area contributed by atoms with Gasteiger partial charge in [-0.2, -0.15) is 0 Å². The van der Waals surface area contributed by atoms with E-state index in [2.05, 4.69) is 0 Å². The van der Waals surface area contributed by atoms with Crippen molar-refractivity contribution in [3.63, 3.8) is 0 Å². The average Bonchev–Trinajstić information content (AvgIpc) is 1.25. The van der Waals surface area contributed by atoms with Crippen LogP contribution in [0.15, 0.2) is 0 Å². The van der Waals surface area contributed by atoms with Crippen LogP contribution in [-0.2, 0) is 0 Å². The van der Waals surface area contributed by atoms with E-state index in [0.29, 0.717) is 0 Å².